The van der Waals surface area contributed by atoms with Crippen molar-refractivity contribution in [2.75, 3.05) is 19.8 Å². The van der Waals surface area contributed by atoms with E-state index in [1.54, 1.807) is 4.90 Å². The summed E-state index contributed by atoms with van der Waals surface area (Å²) in [6.45, 7) is 4.54. The standard InChI is InChI=1S/C27H38N2O6/c1-17(2)15-19(16-30)29-23-25(32)28(18-9-4-3-5-10-18)13-8-12-27(23)22(24(29)31)21-20(35-27)11-6-7-14-34-26(21)33/h6,8,11-12,17-23,30H,3-5,7,9-10,13-16H2,1-2H3/t19-,20+,21-,22+,23?,27+/m1/s1. The van der Waals surface area contributed by atoms with Crippen LogP contribution in [0, 0.1) is 17.8 Å². The summed E-state index contributed by atoms with van der Waals surface area (Å²) in [6.07, 6.45) is 13.4. The SMILES string of the molecule is CC(C)C[C@H](CO)N1C(=O)[C@@H]2[C@@H]3C(=O)OCCC=C[C@@H]3O[C@@]23C=CCN(C2CCCCC2)C(=O)C13. The molecule has 1 aliphatic carbocycles. The Morgan fingerprint density at radius 2 is 1.89 bits per heavy atom. The lowest BCUT2D eigenvalue weighted by Crippen LogP contribution is -2.59. The van der Waals surface area contributed by atoms with Crippen LogP contribution >= 0.6 is 0 Å². The minimum Gasteiger partial charge on any atom is -0.465 e. The van der Waals surface area contributed by atoms with Crippen molar-refractivity contribution in [1.82, 2.24) is 9.80 Å². The summed E-state index contributed by atoms with van der Waals surface area (Å²) >= 11 is 0. The van der Waals surface area contributed by atoms with Gasteiger partial charge in [0.1, 0.15) is 17.6 Å². The van der Waals surface area contributed by atoms with Crippen molar-refractivity contribution < 1.29 is 29.0 Å². The van der Waals surface area contributed by atoms with E-state index in [0.717, 1.165) is 25.7 Å². The Hall–Kier alpha value is -2.19. The molecule has 1 saturated carbocycles. The van der Waals surface area contributed by atoms with Gasteiger partial charge in [-0.1, -0.05) is 57.4 Å². The Kier molecular flexibility index (Phi) is 6.79. The summed E-state index contributed by atoms with van der Waals surface area (Å²) in [4.78, 5) is 45.1. The highest BCUT2D eigenvalue weighted by Crippen LogP contribution is 2.54. The normalized spacial score (nSPS) is 36.4. The number of hydrogen-bond acceptors (Lipinski definition) is 6. The van der Waals surface area contributed by atoms with Crippen molar-refractivity contribution in [2.24, 2.45) is 17.8 Å². The van der Waals surface area contributed by atoms with Gasteiger partial charge in [0.2, 0.25) is 11.8 Å². The minimum atomic E-state index is -1.26. The van der Waals surface area contributed by atoms with E-state index in [4.69, 9.17) is 9.47 Å². The molecule has 4 aliphatic heterocycles. The molecule has 2 saturated heterocycles. The lowest BCUT2D eigenvalue weighted by Gasteiger charge is -2.41. The maximum absolute atomic E-state index is 14.3. The number of cyclic esters (lactones) is 1. The molecule has 5 rings (SSSR count). The molecule has 1 spiro atoms. The molecule has 4 heterocycles. The van der Waals surface area contributed by atoms with Gasteiger partial charge >= 0.3 is 5.97 Å². The van der Waals surface area contributed by atoms with Gasteiger partial charge in [0, 0.05) is 12.6 Å². The molecule has 0 aromatic rings. The van der Waals surface area contributed by atoms with Gasteiger partial charge in [-0.2, -0.15) is 0 Å². The number of rotatable bonds is 5. The summed E-state index contributed by atoms with van der Waals surface area (Å²) in [5, 5.41) is 10.4. The second kappa shape index (κ2) is 9.69. The van der Waals surface area contributed by atoms with E-state index in [9.17, 15) is 19.5 Å². The first-order chi connectivity index (χ1) is 16.9. The van der Waals surface area contributed by atoms with Crippen LogP contribution in [0.15, 0.2) is 24.3 Å². The highest BCUT2D eigenvalue weighted by atomic mass is 16.6. The van der Waals surface area contributed by atoms with Crippen LogP contribution < -0.4 is 0 Å². The van der Waals surface area contributed by atoms with Crippen LogP contribution in [0.2, 0.25) is 0 Å². The van der Waals surface area contributed by atoms with Gasteiger partial charge in [-0.3, -0.25) is 14.4 Å². The highest BCUT2D eigenvalue weighted by molar-refractivity contribution is 5.99. The molecule has 0 radical (unpaired) electrons. The Bertz CT molecular complexity index is 909. The van der Waals surface area contributed by atoms with Crippen molar-refractivity contribution in [3.8, 4) is 0 Å². The first kappa shape index (κ1) is 24.5. The van der Waals surface area contributed by atoms with Crippen LogP contribution in [0.3, 0.4) is 0 Å². The quantitative estimate of drug-likeness (QED) is 0.473. The van der Waals surface area contributed by atoms with Crippen LogP contribution in [0.4, 0.5) is 0 Å². The number of amides is 2. The number of nitrogens with zero attached hydrogens (tertiary/aromatic N) is 2. The van der Waals surface area contributed by atoms with E-state index < -0.39 is 41.6 Å². The van der Waals surface area contributed by atoms with Gasteiger partial charge in [0.05, 0.1) is 31.3 Å². The summed E-state index contributed by atoms with van der Waals surface area (Å²) in [6, 6.07) is -1.31. The van der Waals surface area contributed by atoms with Crippen molar-refractivity contribution in [1.29, 1.82) is 0 Å². The third kappa shape index (κ3) is 4.02. The van der Waals surface area contributed by atoms with E-state index in [-0.39, 0.29) is 37.0 Å². The third-order valence-electron chi connectivity index (χ3n) is 8.45. The van der Waals surface area contributed by atoms with E-state index in [2.05, 4.69) is 0 Å². The highest BCUT2D eigenvalue weighted by Gasteiger charge is 2.72. The average molecular weight is 487 g/mol. The van der Waals surface area contributed by atoms with Gasteiger partial charge < -0.3 is 24.4 Å². The predicted molar refractivity (Wildman–Crippen MR) is 128 cm³/mol. The van der Waals surface area contributed by atoms with Gasteiger partial charge in [-0.15, -0.1) is 0 Å². The molecule has 192 valence electrons. The van der Waals surface area contributed by atoms with Crippen LogP contribution in [-0.4, -0.2) is 82.3 Å². The number of carbonyl (C=O) groups is 3. The Morgan fingerprint density at radius 1 is 1.11 bits per heavy atom. The monoisotopic (exact) mass is 486 g/mol. The zero-order valence-electron chi connectivity index (χ0n) is 20.8. The maximum atomic E-state index is 14.3. The lowest BCUT2D eigenvalue weighted by molar-refractivity contribution is -0.157. The number of hydrogen-bond donors (Lipinski definition) is 1. The summed E-state index contributed by atoms with van der Waals surface area (Å²) in [7, 11) is 0. The largest absolute Gasteiger partial charge is 0.465 e. The molecule has 1 N–H and O–H groups in total. The fourth-order valence-electron chi connectivity index (χ4n) is 7.00. The molecule has 0 aromatic heterocycles. The zero-order chi connectivity index (χ0) is 24.7. The Balaban J connectivity index is 1.60. The smallest absolute Gasteiger partial charge is 0.312 e. The molecular weight excluding hydrogens is 448 g/mol. The summed E-state index contributed by atoms with van der Waals surface area (Å²) < 4.78 is 12.1. The van der Waals surface area contributed by atoms with E-state index >= 15 is 0 Å². The van der Waals surface area contributed by atoms with E-state index in [1.807, 2.05) is 43.1 Å². The van der Waals surface area contributed by atoms with Crippen LogP contribution in [0.1, 0.15) is 58.8 Å². The van der Waals surface area contributed by atoms with Crippen molar-refractivity contribution >= 4 is 17.8 Å². The second-order valence-electron chi connectivity index (χ2n) is 11.1. The Morgan fingerprint density at radius 3 is 2.60 bits per heavy atom. The average Bonchev–Trinajstić information content (AvgIpc) is 3.22. The summed E-state index contributed by atoms with van der Waals surface area (Å²) in [5.41, 5.74) is -1.26. The van der Waals surface area contributed by atoms with Gasteiger partial charge in [0.15, 0.2) is 0 Å². The zero-order valence-corrected chi connectivity index (χ0v) is 20.8. The van der Waals surface area contributed by atoms with Gasteiger partial charge in [-0.05, 0) is 31.6 Å². The molecule has 0 bridgehead atoms. The maximum Gasteiger partial charge on any atom is 0.312 e. The number of aliphatic hydroxyl groups is 1. The second-order valence-corrected chi connectivity index (χ2v) is 11.1. The molecule has 0 aromatic carbocycles. The molecule has 8 heteroatoms. The van der Waals surface area contributed by atoms with Gasteiger partial charge in [-0.25, -0.2) is 0 Å². The molecule has 6 atom stereocenters. The van der Waals surface area contributed by atoms with Crippen LogP contribution in [0.5, 0.6) is 0 Å². The molecular formula is C27H38N2O6. The minimum absolute atomic E-state index is 0.129. The predicted octanol–water partition coefficient (Wildman–Crippen LogP) is 2.21. The third-order valence-corrected chi connectivity index (χ3v) is 8.45. The summed E-state index contributed by atoms with van der Waals surface area (Å²) in [5.74, 6) is -2.34. The fourth-order valence-corrected chi connectivity index (χ4v) is 7.00. The lowest BCUT2D eigenvalue weighted by atomic mass is 9.77. The number of likely N-dealkylation sites (tertiary alicyclic amines) is 1. The van der Waals surface area contributed by atoms with Crippen molar-refractivity contribution in [3.05, 3.63) is 24.3 Å². The number of carbonyl (C=O) groups excluding carboxylic acids is 3. The van der Waals surface area contributed by atoms with Crippen molar-refractivity contribution in [3.63, 3.8) is 0 Å². The molecule has 1 unspecified atom stereocenters. The van der Waals surface area contributed by atoms with Gasteiger partial charge in [0.25, 0.3) is 0 Å². The topological polar surface area (TPSA) is 96.4 Å². The number of esters is 1. The number of aliphatic hydroxyl groups excluding tert-OH is 1. The molecule has 35 heavy (non-hydrogen) atoms. The van der Waals surface area contributed by atoms with E-state index in [1.165, 1.54) is 6.42 Å². The first-order valence-corrected chi connectivity index (χ1v) is 13.3. The number of fused-ring (bicyclic) bond motifs is 2. The molecule has 3 fully saturated rings. The van der Waals surface area contributed by atoms with Crippen molar-refractivity contribution in [2.45, 2.75) is 88.6 Å². The molecule has 8 nitrogen and oxygen atoms in total. The fraction of sp³-hybridized carbons (Fsp3) is 0.741. The Labute approximate surface area is 207 Å². The molecule has 5 aliphatic rings. The first-order valence-electron chi connectivity index (χ1n) is 13.3. The molecule has 2 amide bonds. The van der Waals surface area contributed by atoms with Crippen LogP contribution in [-0.2, 0) is 23.9 Å². The van der Waals surface area contributed by atoms with Crippen LogP contribution in [0.25, 0.3) is 0 Å². The number of ether oxygens (including phenoxy) is 2. The van der Waals surface area contributed by atoms with E-state index in [0.29, 0.717) is 19.4 Å².